The quantitative estimate of drug-likeness (QED) is 0.206. The van der Waals surface area contributed by atoms with Crippen molar-refractivity contribution in [1.29, 1.82) is 0 Å². The lowest BCUT2D eigenvalue weighted by Gasteiger charge is -2.17. The van der Waals surface area contributed by atoms with Crippen LogP contribution in [0.15, 0.2) is 85.2 Å². The first-order valence-corrected chi connectivity index (χ1v) is 15.6. The van der Waals surface area contributed by atoms with Crippen molar-refractivity contribution in [3.8, 4) is 39.6 Å². The van der Waals surface area contributed by atoms with E-state index in [-0.39, 0.29) is 0 Å². The lowest BCUT2D eigenvalue weighted by molar-refractivity contribution is 1.05. The zero-order valence-corrected chi connectivity index (χ0v) is 27.4. The molecule has 4 heteroatoms. The van der Waals surface area contributed by atoms with Gasteiger partial charge in [-0.25, -0.2) is 15.0 Å². The predicted octanol–water partition coefficient (Wildman–Crippen LogP) is 10.4. The largest absolute Gasteiger partial charge is 0.309 e. The van der Waals surface area contributed by atoms with Gasteiger partial charge in [0.25, 0.3) is 0 Å². The molecule has 0 saturated carbocycles. The molecule has 7 aromatic rings. The van der Waals surface area contributed by atoms with Crippen molar-refractivity contribution in [3.05, 3.63) is 130 Å². The van der Waals surface area contributed by atoms with Gasteiger partial charge < -0.3 is 4.57 Å². The third kappa shape index (κ3) is 4.64. The minimum absolute atomic E-state index is 0.687. The third-order valence-electron chi connectivity index (χ3n) is 9.58. The van der Waals surface area contributed by atoms with Crippen LogP contribution in [0.1, 0.15) is 44.5 Å². The van der Waals surface area contributed by atoms with Crippen molar-refractivity contribution in [2.45, 2.75) is 55.4 Å². The van der Waals surface area contributed by atoms with Gasteiger partial charge in [-0.05, 0) is 141 Å². The summed E-state index contributed by atoms with van der Waals surface area (Å²) in [6.07, 6.45) is 1.63. The van der Waals surface area contributed by atoms with Crippen LogP contribution >= 0.6 is 0 Å². The number of aryl methyl sites for hydroxylation is 6. The second kappa shape index (κ2) is 10.8. The topological polar surface area (TPSA) is 43.6 Å². The molecule has 0 aliphatic carbocycles. The number of hydrogen-bond acceptors (Lipinski definition) is 3. The first kappa shape index (κ1) is 28.7. The molecule has 0 fully saturated rings. The Kier molecular flexibility index (Phi) is 6.89. The molecule has 0 spiro atoms. The van der Waals surface area contributed by atoms with E-state index >= 15 is 0 Å². The summed E-state index contributed by atoms with van der Waals surface area (Å²) in [6, 6.07) is 28.8. The Bertz CT molecular complexity index is 2230. The summed E-state index contributed by atoms with van der Waals surface area (Å²) in [5, 5.41) is 2.52. The van der Waals surface area contributed by atoms with Crippen molar-refractivity contribution in [1.82, 2.24) is 19.5 Å². The lowest BCUT2D eigenvalue weighted by atomic mass is 9.89. The number of nitrogens with zero attached hydrogens (tertiary/aromatic N) is 4. The average molecular weight is 587 g/mol. The molecule has 0 amide bonds. The van der Waals surface area contributed by atoms with Crippen LogP contribution in [-0.2, 0) is 0 Å². The summed E-state index contributed by atoms with van der Waals surface area (Å²) in [4.78, 5) is 14.1. The Labute approximate surface area is 265 Å². The summed E-state index contributed by atoms with van der Waals surface area (Å²) in [6.45, 7) is 17.5. The summed E-state index contributed by atoms with van der Waals surface area (Å²) in [5.41, 5.74) is 18.3. The molecule has 2 aromatic heterocycles. The molecule has 0 unspecified atom stereocenters. The van der Waals surface area contributed by atoms with Crippen LogP contribution in [0.4, 0.5) is 0 Å². The molecule has 4 nitrogen and oxygen atoms in total. The summed E-state index contributed by atoms with van der Waals surface area (Å²) >= 11 is 0. The van der Waals surface area contributed by atoms with E-state index in [0.29, 0.717) is 11.6 Å². The van der Waals surface area contributed by atoms with Crippen LogP contribution in [0.2, 0.25) is 0 Å². The maximum atomic E-state index is 4.95. The highest BCUT2D eigenvalue weighted by Gasteiger charge is 2.19. The minimum atomic E-state index is 0.687. The molecular weight excluding hydrogens is 548 g/mol. The Hall–Kier alpha value is -5.09. The molecule has 222 valence electrons. The van der Waals surface area contributed by atoms with E-state index in [0.717, 1.165) is 22.3 Å². The van der Waals surface area contributed by atoms with Crippen molar-refractivity contribution < 1.29 is 0 Å². The number of benzene rings is 5. The monoisotopic (exact) mass is 586 g/mol. The third-order valence-corrected chi connectivity index (χ3v) is 9.58. The van der Waals surface area contributed by atoms with Gasteiger partial charge in [-0.1, -0.05) is 48.5 Å². The van der Waals surface area contributed by atoms with Crippen LogP contribution in [0, 0.1) is 55.4 Å². The smallest absolute Gasteiger partial charge is 0.163 e. The molecule has 0 aliphatic heterocycles. The number of rotatable bonds is 4. The molecule has 0 bridgehead atoms. The van der Waals surface area contributed by atoms with Crippen molar-refractivity contribution in [2.75, 3.05) is 0 Å². The fourth-order valence-electron chi connectivity index (χ4n) is 7.18. The first-order valence-electron chi connectivity index (χ1n) is 15.6. The lowest BCUT2D eigenvalue weighted by Crippen LogP contribution is -2.03. The molecular formula is C41H38N4. The van der Waals surface area contributed by atoms with Crippen LogP contribution in [0.25, 0.3) is 61.4 Å². The number of hydrogen-bond donors (Lipinski definition) is 0. The highest BCUT2D eigenvalue weighted by Crippen LogP contribution is 2.39. The van der Waals surface area contributed by atoms with Gasteiger partial charge in [0.05, 0.1) is 16.7 Å². The minimum Gasteiger partial charge on any atom is -0.309 e. The summed E-state index contributed by atoms with van der Waals surface area (Å²) in [5.74, 6) is 1.40. The maximum absolute atomic E-state index is 4.95. The Morgan fingerprint density at radius 3 is 1.78 bits per heavy atom. The van der Waals surface area contributed by atoms with Crippen molar-refractivity contribution in [2.24, 2.45) is 0 Å². The van der Waals surface area contributed by atoms with Crippen LogP contribution < -0.4 is 0 Å². The Morgan fingerprint density at radius 2 is 1.09 bits per heavy atom. The van der Waals surface area contributed by atoms with Gasteiger partial charge in [0.2, 0.25) is 0 Å². The highest BCUT2D eigenvalue weighted by atomic mass is 15.0. The molecule has 0 atom stereocenters. The molecule has 2 heterocycles. The molecule has 0 radical (unpaired) electrons. The molecule has 5 aromatic carbocycles. The zero-order valence-electron chi connectivity index (χ0n) is 27.4. The number of fused-ring (bicyclic) bond motifs is 3. The number of para-hydroxylation sites is 1. The van der Waals surface area contributed by atoms with E-state index in [9.17, 15) is 0 Å². The van der Waals surface area contributed by atoms with Gasteiger partial charge in [-0.15, -0.1) is 0 Å². The van der Waals surface area contributed by atoms with Gasteiger partial charge >= 0.3 is 0 Å². The van der Waals surface area contributed by atoms with E-state index in [4.69, 9.17) is 4.98 Å². The average Bonchev–Trinajstić information content (AvgIpc) is 3.33. The second-order valence-electron chi connectivity index (χ2n) is 12.6. The van der Waals surface area contributed by atoms with E-state index in [2.05, 4.69) is 149 Å². The molecule has 0 N–H and O–H groups in total. The van der Waals surface area contributed by atoms with Gasteiger partial charge in [-0.2, -0.15) is 0 Å². The van der Waals surface area contributed by atoms with Crippen molar-refractivity contribution >= 4 is 21.8 Å². The fraction of sp³-hybridized carbons (Fsp3) is 0.195. The predicted molar refractivity (Wildman–Crippen MR) is 188 cm³/mol. The first-order chi connectivity index (χ1) is 21.6. The van der Waals surface area contributed by atoms with Gasteiger partial charge in [0, 0.05) is 21.9 Å². The van der Waals surface area contributed by atoms with E-state index in [1.54, 1.807) is 6.33 Å². The number of aromatic nitrogens is 4. The van der Waals surface area contributed by atoms with E-state index in [1.165, 1.54) is 72.0 Å². The van der Waals surface area contributed by atoms with E-state index < -0.39 is 0 Å². The Morgan fingerprint density at radius 1 is 0.467 bits per heavy atom. The van der Waals surface area contributed by atoms with Gasteiger partial charge in [0.1, 0.15) is 6.33 Å². The standard InChI is InChI=1S/C41H38N4/c1-23-12-11-13-24(2)37(23)41-43-22-42-40(44-41)32-19-27(5)39(28(6)20-32)45-35-15-10-9-14-33(35)34-21-31(16-17-36(34)45)38-29(7)25(3)18-26(4)30(38)8/h9-22H,1-8H3. The van der Waals surface area contributed by atoms with Crippen LogP contribution in [0.5, 0.6) is 0 Å². The van der Waals surface area contributed by atoms with Crippen molar-refractivity contribution in [3.63, 3.8) is 0 Å². The summed E-state index contributed by atoms with van der Waals surface area (Å²) < 4.78 is 2.43. The normalized spacial score (nSPS) is 11.6. The molecule has 7 rings (SSSR count). The van der Waals surface area contributed by atoms with Crippen LogP contribution in [-0.4, -0.2) is 19.5 Å². The SMILES string of the molecule is Cc1cc(C)c(C)c(-c2ccc3c(c2)c2ccccc2n3-c2c(C)cc(-c3ncnc(-c4c(C)cccc4C)n3)cc2C)c1C. The Balaban J connectivity index is 1.40. The molecule has 0 saturated heterocycles. The summed E-state index contributed by atoms with van der Waals surface area (Å²) in [7, 11) is 0. The molecule has 0 aliphatic rings. The second-order valence-corrected chi connectivity index (χ2v) is 12.6. The van der Waals surface area contributed by atoms with Gasteiger partial charge in [-0.3, -0.25) is 0 Å². The zero-order chi connectivity index (χ0) is 31.6. The van der Waals surface area contributed by atoms with Crippen LogP contribution in [0.3, 0.4) is 0 Å². The fourth-order valence-corrected chi connectivity index (χ4v) is 7.18. The van der Waals surface area contributed by atoms with E-state index in [1.807, 2.05) is 0 Å². The highest BCUT2D eigenvalue weighted by molar-refractivity contribution is 6.10. The van der Waals surface area contributed by atoms with Gasteiger partial charge in [0.15, 0.2) is 11.6 Å². The maximum Gasteiger partial charge on any atom is 0.163 e. The molecule has 45 heavy (non-hydrogen) atoms.